The fourth-order valence-corrected chi connectivity index (χ4v) is 5.30. The zero-order valence-electron chi connectivity index (χ0n) is 20.9. The third-order valence-corrected chi connectivity index (χ3v) is 7.42. The number of aliphatic hydroxyl groups excluding tert-OH is 1. The molecule has 1 saturated heterocycles. The van der Waals surface area contributed by atoms with Gasteiger partial charge >= 0.3 is 6.09 Å². The minimum atomic E-state index is -1.09. The van der Waals surface area contributed by atoms with Crippen LogP contribution in [-0.2, 0) is 0 Å². The van der Waals surface area contributed by atoms with Crippen LogP contribution in [0.15, 0.2) is 53.7 Å². The fourth-order valence-electron chi connectivity index (χ4n) is 4.54. The standard InChI is InChI=1S/C25H20BrClFN9O4/c26-15-6-19-22(34-24(15)35-3-4-36(25(39)40)13(9-35)10-38)23(31-11-29-19)33-18-7-16(27)20(8-17(18)28)41-14-1-2-37-21(5-14)30-12-32-37/h1-2,5-8,11-13,38H,3-4,9-10H2,(H,39,40)(H,29,31,33)/t13-/m0/s1. The molecule has 1 atom stereocenters. The van der Waals surface area contributed by atoms with Crippen LogP contribution in [0.2, 0.25) is 5.02 Å². The van der Waals surface area contributed by atoms with E-state index in [4.69, 9.17) is 21.3 Å². The second-order valence-electron chi connectivity index (χ2n) is 9.06. The number of anilines is 3. The zero-order chi connectivity index (χ0) is 28.7. The molecule has 0 unspecified atom stereocenters. The molecular formula is C25H20BrClFN9O4. The smallest absolute Gasteiger partial charge is 0.407 e. The van der Waals surface area contributed by atoms with Crippen LogP contribution < -0.4 is 15.0 Å². The Hall–Kier alpha value is -4.34. The van der Waals surface area contributed by atoms with Crippen molar-refractivity contribution in [1.29, 1.82) is 0 Å². The van der Waals surface area contributed by atoms with Gasteiger partial charge in [0.15, 0.2) is 11.5 Å². The number of nitrogens with zero attached hydrogens (tertiary/aromatic N) is 8. The summed E-state index contributed by atoms with van der Waals surface area (Å²) in [5.41, 5.74) is 1.43. The van der Waals surface area contributed by atoms with Gasteiger partial charge in [-0.05, 0) is 34.1 Å². The van der Waals surface area contributed by atoms with Crippen molar-refractivity contribution in [3.05, 3.63) is 64.5 Å². The number of hydrogen-bond acceptors (Lipinski definition) is 10. The molecule has 5 aromatic rings. The lowest BCUT2D eigenvalue weighted by Gasteiger charge is -2.40. The Labute approximate surface area is 244 Å². The van der Waals surface area contributed by atoms with Crippen molar-refractivity contribution in [1.82, 2.24) is 34.4 Å². The predicted octanol–water partition coefficient (Wildman–Crippen LogP) is 4.32. The summed E-state index contributed by atoms with van der Waals surface area (Å²) in [5.74, 6) is 0.601. The van der Waals surface area contributed by atoms with Crippen LogP contribution >= 0.6 is 27.5 Å². The van der Waals surface area contributed by atoms with Gasteiger partial charge in [0, 0.05) is 38.0 Å². The zero-order valence-corrected chi connectivity index (χ0v) is 23.3. The summed E-state index contributed by atoms with van der Waals surface area (Å²) in [6.45, 7) is 0.436. The number of aliphatic hydroxyl groups is 1. The minimum Gasteiger partial charge on any atom is -0.465 e. The molecule has 1 aliphatic rings. The Kier molecular flexibility index (Phi) is 7.15. The Bertz CT molecular complexity index is 1790. The van der Waals surface area contributed by atoms with E-state index in [1.54, 1.807) is 28.9 Å². The lowest BCUT2D eigenvalue weighted by molar-refractivity contribution is 0.0909. The normalized spacial score (nSPS) is 15.5. The van der Waals surface area contributed by atoms with E-state index in [1.165, 1.54) is 23.6 Å². The van der Waals surface area contributed by atoms with Crippen LogP contribution in [0, 0.1) is 5.82 Å². The van der Waals surface area contributed by atoms with E-state index in [0.717, 1.165) is 6.07 Å². The Morgan fingerprint density at radius 3 is 2.85 bits per heavy atom. The third-order valence-electron chi connectivity index (χ3n) is 6.54. The lowest BCUT2D eigenvalue weighted by atomic mass is 10.2. The first-order valence-corrected chi connectivity index (χ1v) is 13.4. The third kappa shape index (κ3) is 5.26. The van der Waals surface area contributed by atoms with E-state index in [1.807, 2.05) is 4.90 Å². The largest absolute Gasteiger partial charge is 0.465 e. The molecule has 13 nitrogen and oxygen atoms in total. The first-order chi connectivity index (χ1) is 19.8. The van der Waals surface area contributed by atoms with Crippen molar-refractivity contribution in [2.45, 2.75) is 6.04 Å². The fraction of sp³-hybridized carbons (Fsp3) is 0.200. The molecule has 3 N–H and O–H groups in total. The molecule has 4 aromatic heterocycles. The molecule has 5 heterocycles. The molecule has 1 amide bonds. The number of carboxylic acid groups (broad SMARTS) is 1. The van der Waals surface area contributed by atoms with E-state index < -0.39 is 18.0 Å². The van der Waals surface area contributed by atoms with E-state index in [0.29, 0.717) is 39.3 Å². The van der Waals surface area contributed by atoms with Crippen molar-refractivity contribution in [2.75, 3.05) is 36.5 Å². The molecule has 210 valence electrons. The number of fused-ring (bicyclic) bond motifs is 2. The highest BCUT2D eigenvalue weighted by atomic mass is 79.9. The number of hydrogen-bond donors (Lipinski definition) is 3. The Morgan fingerprint density at radius 2 is 2.05 bits per heavy atom. The monoisotopic (exact) mass is 643 g/mol. The second-order valence-corrected chi connectivity index (χ2v) is 10.3. The average Bonchev–Trinajstić information content (AvgIpc) is 3.43. The van der Waals surface area contributed by atoms with E-state index in [2.05, 4.69) is 41.3 Å². The maximum Gasteiger partial charge on any atom is 0.407 e. The number of aromatic nitrogens is 6. The predicted molar refractivity (Wildman–Crippen MR) is 151 cm³/mol. The van der Waals surface area contributed by atoms with Crippen molar-refractivity contribution in [2.24, 2.45) is 0 Å². The molecule has 16 heteroatoms. The molecule has 0 radical (unpaired) electrons. The lowest BCUT2D eigenvalue weighted by Crippen LogP contribution is -2.56. The molecule has 0 aliphatic carbocycles. The number of nitrogens with one attached hydrogen (secondary N) is 1. The molecule has 0 saturated carbocycles. The van der Waals surface area contributed by atoms with Crippen LogP contribution in [0.25, 0.3) is 16.7 Å². The SMILES string of the molecule is O=C(O)N1CCN(c2nc3c(Nc4cc(Cl)c(Oc5ccn6ncnc6c5)cc4F)ncnc3cc2Br)C[C@H]1CO. The number of halogens is 3. The number of carbonyl (C=O) groups is 1. The quantitative estimate of drug-likeness (QED) is 0.242. The number of amides is 1. The molecule has 0 bridgehead atoms. The van der Waals surface area contributed by atoms with E-state index >= 15 is 4.39 Å². The van der Waals surface area contributed by atoms with Gasteiger partial charge in [-0.3, -0.25) is 4.90 Å². The van der Waals surface area contributed by atoms with Gasteiger partial charge in [0.2, 0.25) is 0 Å². The number of rotatable bonds is 6. The van der Waals surface area contributed by atoms with Crippen LogP contribution in [0.1, 0.15) is 0 Å². The maximum absolute atomic E-state index is 15.3. The Balaban J connectivity index is 1.28. The van der Waals surface area contributed by atoms with E-state index in [-0.39, 0.29) is 42.0 Å². The van der Waals surface area contributed by atoms with Gasteiger partial charge in [-0.2, -0.15) is 5.10 Å². The maximum atomic E-state index is 15.3. The number of benzene rings is 1. The number of ether oxygens (including phenoxy) is 1. The van der Waals surface area contributed by atoms with Crippen molar-refractivity contribution in [3.63, 3.8) is 0 Å². The molecule has 1 aromatic carbocycles. The van der Waals surface area contributed by atoms with Crippen LogP contribution in [0.4, 0.5) is 26.5 Å². The summed E-state index contributed by atoms with van der Waals surface area (Å²) in [4.78, 5) is 32.0. The summed E-state index contributed by atoms with van der Waals surface area (Å²) in [7, 11) is 0. The highest BCUT2D eigenvalue weighted by molar-refractivity contribution is 9.10. The molecule has 0 spiro atoms. The van der Waals surface area contributed by atoms with Crippen molar-refractivity contribution < 1.29 is 24.1 Å². The summed E-state index contributed by atoms with van der Waals surface area (Å²) < 4.78 is 23.2. The molecule has 1 aliphatic heterocycles. The molecule has 41 heavy (non-hydrogen) atoms. The first kappa shape index (κ1) is 26.9. The number of pyridine rings is 2. The first-order valence-electron chi connectivity index (χ1n) is 12.2. The van der Waals surface area contributed by atoms with Crippen LogP contribution in [0.5, 0.6) is 11.5 Å². The van der Waals surface area contributed by atoms with Gasteiger partial charge < -0.3 is 25.2 Å². The minimum absolute atomic E-state index is 0.0388. The van der Waals surface area contributed by atoms with Crippen molar-refractivity contribution >= 4 is 67.6 Å². The topological polar surface area (TPSA) is 154 Å². The summed E-state index contributed by atoms with van der Waals surface area (Å²) >= 11 is 9.97. The summed E-state index contributed by atoms with van der Waals surface area (Å²) in [6, 6.07) is 6.97. The van der Waals surface area contributed by atoms with Gasteiger partial charge in [0.05, 0.1) is 33.3 Å². The molecule has 1 fully saturated rings. The van der Waals surface area contributed by atoms with Gasteiger partial charge in [-0.25, -0.2) is 33.6 Å². The highest BCUT2D eigenvalue weighted by Crippen LogP contribution is 2.36. The summed E-state index contributed by atoms with van der Waals surface area (Å²) in [5, 5.41) is 26.3. The average molecular weight is 645 g/mol. The summed E-state index contributed by atoms with van der Waals surface area (Å²) in [6.07, 6.45) is 3.30. The van der Waals surface area contributed by atoms with E-state index in [9.17, 15) is 15.0 Å². The second kappa shape index (κ2) is 10.9. The molecule has 6 rings (SSSR count). The van der Waals surface area contributed by atoms with Crippen LogP contribution in [0.3, 0.4) is 0 Å². The van der Waals surface area contributed by atoms with Crippen molar-refractivity contribution in [3.8, 4) is 11.5 Å². The number of piperazine rings is 1. The van der Waals surface area contributed by atoms with Gasteiger partial charge in [0.25, 0.3) is 0 Å². The molecular weight excluding hydrogens is 625 g/mol. The van der Waals surface area contributed by atoms with Crippen LogP contribution in [-0.4, -0.2) is 83.0 Å². The van der Waals surface area contributed by atoms with Gasteiger partial charge in [-0.1, -0.05) is 11.6 Å². The Morgan fingerprint density at radius 1 is 1.20 bits per heavy atom. The van der Waals surface area contributed by atoms with Gasteiger partial charge in [0.1, 0.15) is 41.3 Å². The highest BCUT2D eigenvalue weighted by Gasteiger charge is 2.31. The van der Waals surface area contributed by atoms with Gasteiger partial charge in [-0.15, -0.1) is 0 Å².